The first-order chi connectivity index (χ1) is 7.33. The molecule has 3 heteroatoms. The predicted molar refractivity (Wildman–Crippen MR) is 68.7 cm³/mol. The third-order valence-corrected chi connectivity index (χ3v) is 3.34. The molecule has 0 aliphatic rings. The second kappa shape index (κ2) is 7.85. The largest absolute Gasteiger partial charge is 0.315 e. The van der Waals surface area contributed by atoms with E-state index < -0.39 is 0 Å². The van der Waals surface area contributed by atoms with Crippen LogP contribution in [0.1, 0.15) is 18.2 Å². The van der Waals surface area contributed by atoms with Crippen molar-refractivity contribution in [1.82, 2.24) is 10.2 Å². The maximum absolute atomic E-state index is 3.48. The molecule has 0 aliphatic carbocycles. The Labute approximate surface area is 97.3 Å². The third-order valence-electron chi connectivity index (χ3n) is 2.40. The Bertz CT molecular complexity index is 234. The highest BCUT2D eigenvalue weighted by Crippen LogP contribution is 2.07. The fourth-order valence-electron chi connectivity index (χ4n) is 1.55. The van der Waals surface area contributed by atoms with Crippen LogP contribution in [0.15, 0.2) is 17.5 Å². The molecule has 1 aromatic heterocycles. The van der Waals surface area contributed by atoms with Gasteiger partial charge in [0.2, 0.25) is 0 Å². The monoisotopic (exact) mass is 226 g/mol. The van der Waals surface area contributed by atoms with E-state index >= 15 is 0 Å². The Morgan fingerprint density at radius 3 is 2.87 bits per heavy atom. The molecule has 2 nitrogen and oxygen atoms in total. The van der Waals surface area contributed by atoms with Crippen LogP contribution < -0.4 is 5.32 Å². The number of nitrogens with zero attached hydrogens (tertiary/aromatic N) is 1. The normalized spacial score (nSPS) is 11.1. The smallest absolute Gasteiger partial charge is 0.0104 e. The number of nitrogens with one attached hydrogen (secondary N) is 1. The predicted octanol–water partition coefficient (Wildman–Crippen LogP) is 2.22. The minimum atomic E-state index is 1.10. The van der Waals surface area contributed by atoms with Gasteiger partial charge in [-0.2, -0.15) is 0 Å². The van der Waals surface area contributed by atoms with Gasteiger partial charge in [-0.3, -0.25) is 0 Å². The van der Waals surface area contributed by atoms with E-state index in [4.69, 9.17) is 0 Å². The topological polar surface area (TPSA) is 15.3 Å². The third kappa shape index (κ3) is 5.92. The van der Waals surface area contributed by atoms with Crippen LogP contribution in [0.3, 0.4) is 0 Å². The molecule has 0 fully saturated rings. The van der Waals surface area contributed by atoms with Crippen molar-refractivity contribution in [3.8, 4) is 0 Å². The van der Waals surface area contributed by atoms with E-state index in [1.807, 2.05) is 11.3 Å². The summed E-state index contributed by atoms with van der Waals surface area (Å²) >= 11 is 1.84. The number of thiophene rings is 1. The van der Waals surface area contributed by atoms with Crippen molar-refractivity contribution in [2.45, 2.75) is 19.8 Å². The molecule has 1 heterocycles. The number of rotatable bonds is 8. The van der Waals surface area contributed by atoms with Crippen molar-refractivity contribution in [1.29, 1.82) is 0 Å². The number of hydrogen-bond acceptors (Lipinski definition) is 3. The minimum absolute atomic E-state index is 1.10. The molecular weight excluding hydrogens is 204 g/mol. The maximum atomic E-state index is 3.48. The molecule has 0 radical (unpaired) electrons. The van der Waals surface area contributed by atoms with E-state index in [1.165, 1.54) is 17.8 Å². The van der Waals surface area contributed by atoms with E-state index in [2.05, 4.69) is 41.7 Å². The summed E-state index contributed by atoms with van der Waals surface area (Å²) in [5.74, 6) is 0. The van der Waals surface area contributed by atoms with Crippen LogP contribution in [0, 0.1) is 0 Å². The SMILES string of the molecule is CCCN(C)CCNCCc1cccs1. The highest BCUT2D eigenvalue weighted by Gasteiger charge is 1.96. The first-order valence-corrected chi connectivity index (χ1v) is 6.62. The second-order valence-electron chi connectivity index (χ2n) is 3.88. The average Bonchev–Trinajstić information content (AvgIpc) is 2.70. The molecule has 0 saturated heterocycles. The second-order valence-corrected chi connectivity index (χ2v) is 4.91. The van der Waals surface area contributed by atoms with Gasteiger partial charge in [0.15, 0.2) is 0 Å². The molecule has 0 aliphatic heterocycles. The summed E-state index contributed by atoms with van der Waals surface area (Å²) in [7, 11) is 2.18. The van der Waals surface area contributed by atoms with Gasteiger partial charge in [0.1, 0.15) is 0 Å². The van der Waals surface area contributed by atoms with E-state index in [0.29, 0.717) is 0 Å². The van der Waals surface area contributed by atoms with Crippen molar-refractivity contribution < 1.29 is 0 Å². The molecular formula is C12H22N2S. The van der Waals surface area contributed by atoms with Gasteiger partial charge in [-0.05, 0) is 37.9 Å². The average molecular weight is 226 g/mol. The van der Waals surface area contributed by atoms with Gasteiger partial charge in [0.05, 0.1) is 0 Å². The van der Waals surface area contributed by atoms with Crippen LogP contribution in [0.25, 0.3) is 0 Å². The Morgan fingerprint density at radius 2 is 2.20 bits per heavy atom. The first-order valence-electron chi connectivity index (χ1n) is 5.74. The van der Waals surface area contributed by atoms with Crippen LogP contribution in [0.4, 0.5) is 0 Å². The van der Waals surface area contributed by atoms with E-state index in [9.17, 15) is 0 Å². The summed E-state index contributed by atoms with van der Waals surface area (Å²) < 4.78 is 0. The van der Waals surface area contributed by atoms with Crippen LogP contribution >= 0.6 is 11.3 Å². The maximum Gasteiger partial charge on any atom is 0.0104 e. The highest BCUT2D eigenvalue weighted by molar-refractivity contribution is 7.09. The summed E-state index contributed by atoms with van der Waals surface area (Å²) in [5.41, 5.74) is 0. The molecule has 1 aromatic rings. The van der Waals surface area contributed by atoms with Crippen molar-refractivity contribution in [2.24, 2.45) is 0 Å². The van der Waals surface area contributed by atoms with Crippen molar-refractivity contribution in [2.75, 3.05) is 33.2 Å². The van der Waals surface area contributed by atoms with Crippen molar-refractivity contribution in [3.05, 3.63) is 22.4 Å². The standard InChI is InChI=1S/C12H22N2S/c1-3-9-14(2)10-8-13-7-6-12-5-4-11-15-12/h4-5,11,13H,3,6-10H2,1-2H3. The van der Waals surface area contributed by atoms with E-state index in [-0.39, 0.29) is 0 Å². The van der Waals surface area contributed by atoms with Gasteiger partial charge >= 0.3 is 0 Å². The van der Waals surface area contributed by atoms with E-state index in [1.54, 1.807) is 0 Å². The number of hydrogen-bond donors (Lipinski definition) is 1. The van der Waals surface area contributed by atoms with Gasteiger partial charge in [-0.25, -0.2) is 0 Å². The van der Waals surface area contributed by atoms with Crippen LogP contribution in [-0.4, -0.2) is 38.1 Å². The Morgan fingerprint density at radius 1 is 1.33 bits per heavy atom. The Hall–Kier alpha value is -0.380. The van der Waals surface area contributed by atoms with Crippen LogP contribution in [0.5, 0.6) is 0 Å². The van der Waals surface area contributed by atoms with Gasteiger partial charge in [-0.15, -0.1) is 11.3 Å². The quantitative estimate of drug-likeness (QED) is 0.684. The zero-order chi connectivity index (χ0) is 10.9. The van der Waals surface area contributed by atoms with Gasteiger partial charge in [0, 0.05) is 24.5 Å². The zero-order valence-corrected chi connectivity index (χ0v) is 10.6. The van der Waals surface area contributed by atoms with Gasteiger partial charge in [0.25, 0.3) is 0 Å². The highest BCUT2D eigenvalue weighted by atomic mass is 32.1. The molecule has 0 amide bonds. The summed E-state index contributed by atoms with van der Waals surface area (Å²) in [6.45, 7) is 6.77. The molecule has 0 aromatic carbocycles. The lowest BCUT2D eigenvalue weighted by atomic mass is 10.3. The summed E-state index contributed by atoms with van der Waals surface area (Å²) in [5, 5.41) is 5.62. The van der Waals surface area contributed by atoms with Gasteiger partial charge in [-0.1, -0.05) is 13.0 Å². The molecule has 0 atom stereocenters. The summed E-state index contributed by atoms with van der Waals surface area (Å²) in [4.78, 5) is 3.85. The molecule has 1 N–H and O–H groups in total. The summed E-state index contributed by atoms with van der Waals surface area (Å²) in [6.07, 6.45) is 2.40. The van der Waals surface area contributed by atoms with Crippen LogP contribution in [-0.2, 0) is 6.42 Å². The van der Waals surface area contributed by atoms with Crippen molar-refractivity contribution >= 4 is 11.3 Å². The van der Waals surface area contributed by atoms with Crippen LogP contribution in [0.2, 0.25) is 0 Å². The first kappa shape index (κ1) is 12.7. The molecule has 0 unspecified atom stereocenters. The number of likely N-dealkylation sites (N-methyl/N-ethyl adjacent to an activating group) is 1. The fourth-order valence-corrected chi connectivity index (χ4v) is 2.26. The Kier molecular flexibility index (Phi) is 6.64. The molecule has 0 saturated carbocycles. The molecule has 0 bridgehead atoms. The minimum Gasteiger partial charge on any atom is -0.315 e. The van der Waals surface area contributed by atoms with Crippen molar-refractivity contribution in [3.63, 3.8) is 0 Å². The van der Waals surface area contributed by atoms with Gasteiger partial charge < -0.3 is 10.2 Å². The lowest BCUT2D eigenvalue weighted by Crippen LogP contribution is -2.30. The Balaban J connectivity index is 1.93. The lowest BCUT2D eigenvalue weighted by Gasteiger charge is -2.15. The fraction of sp³-hybridized carbons (Fsp3) is 0.667. The molecule has 0 spiro atoms. The summed E-state index contributed by atoms with van der Waals surface area (Å²) in [6, 6.07) is 4.32. The molecule has 1 rings (SSSR count). The lowest BCUT2D eigenvalue weighted by molar-refractivity contribution is 0.332. The zero-order valence-electron chi connectivity index (χ0n) is 9.83. The van der Waals surface area contributed by atoms with E-state index in [0.717, 1.165) is 26.1 Å². The molecule has 15 heavy (non-hydrogen) atoms. The molecule has 86 valence electrons.